The molecule has 1 aliphatic rings. The number of ether oxygens (including phenoxy) is 1. The Morgan fingerprint density at radius 3 is 2.81 bits per heavy atom. The second kappa shape index (κ2) is 5.28. The van der Waals surface area contributed by atoms with Gasteiger partial charge in [0, 0.05) is 23.3 Å². The average molecular weight is 310 g/mol. The molecule has 0 spiro atoms. The monoisotopic (exact) mass is 310 g/mol. The van der Waals surface area contributed by atoms with Crippen LogP contribution in [0, 0.1) is 0 Å². The van der Waals surface area contributed by atoms with E-state index in [1.54, 1.807) is 12.4 Å². The molecule has 3 rings (SSSR count). The average Bonchev–Trinajstić information content (AvgIpc) is 2.99. The normalized spacial score (nSPS) is 29.1. The van der Waals surface area contributed by atoms with Crippen molar-refractivity contribution < 1.29 is 20.1 Å². The number of thiocarbonyl (C=S) groups is 1. The third-order valence-electron chi connectivity index (χ3n) is 3.55. The van der Waals surface area contributed by atoms with Crippen LogP contribution in [0.5, 0.6) is 0 Å². The van der Waals surface area contributed by atoms with Crippen LogP contribution >= 0.6 is 12.2 Å². The Labute approximate surface area is 124 Å². The fraction of sp³-hybridized carbons (Fsp3) is 0.417. The number of rotatable bonds is 3. The Morgan fingerprint density at radius 1 is 1.43 bits per heavy atom. The van der Waals surface area contributed by atoms with E-state index in [2.05, 4.69) is 9.97 Å². The van der Waals surface area contributed by atoms with E-state index in [1.807, 2.05) is 0 Å². The summed E-state index contributed by atoms with van der Waals surface area (Å²) in [4.78, 5) is 8.24. The summed E-state index contributed by atoms with van der Waals surface area (Å²) in [6, 6.07) is 0. The minimum atomic E-state index is -1.20. The van der Waals surface area contributed by atoms with Crippen LogP contribution < -0.4 is 5.73 Å². The number of aliphatic hydroxyl groups is 3. The number of nitrogens with two attached hydrogens (primary N) is 1. The molecule has 0 aromatic carbocycles. The van der Waals surface area contributed by atoms with Crippen LogP contribution in [0.1, 0.15) is 11.8 Å². The first-order valence-corrected chi connectivity index (χ1v) is 6.68. The molecule has 0 amide bonds. The third-order valence-corrected chi connectivity index (χ3v) is 3.77. The Hall–Kier alpha value is -1.65. The molecular formula is C12H14N4O4S. The topological polar surface area (TPSA) is 127 Å². The fourth-order valence-electron chi connectivity index (χ4n) is 2.49. The van der Waals surface area contributed by atoms with Crippen molar-refractivity contribution in [1.82, 2.24) is 14.5 Å². The molecule has 112 valence electrons. The zero-order chi connectivity index (χ0) is 15.1. The predicted octanol–water partition coefficient (Wildman–Crippen LogP) is -1.32. The lowest BCUT2D eigenvalue weighted by molar-refractivity contribution is -0.0508. The van der Waals surface area contributed by atoms with Crippen LogP contribution in [0.25, 0.3) is 11.0 Å². The van der Waals surface area contributed by atoms with Crippen molar-refractivity contribution in [1.29, 1.82) is 0 Å². The summed E-state index contributed by atoms with van der Waals surface area (Å²) < 4.78 is 7.03. The first kappa shape index (κ1) is 14.3. The van der Waals surface area contributed by atoms with Gasteiger partial charge >= 0.3 is 0 Å². The lowest BCUT2D eigenvalue weighted by Crippen LogP contribution is -2.33. The van der Waals surface area contributed by atoms with Crippen molar-refractivity contribution in [3.05, 3.63) is 24.3 Å². The van der Waals surface area contributed by atoms with Gasteiger partial charge in [-0.1, -0.05) is 12.2 Å². The van der Waals surface area contributed by atoms with Crippen LogP contribution in [0.3, 0.4) is 0 Å². The van der Waals surface area contributed by atoms with E-state index < -0.39 is 31.1 Å². The summed E-state index contributed by atoms with van der Waals surface area (Å²) in [6.45, 7) is -0.398. The number of hydrogen-bond acceptors (Lipinski definition) is 7. The minimum Gasteiger partial charge on any atom is -0.394 e. The minimum absolute atomic E-state index is 0.167. The molecule has 4 unspecified atom stereocenters. The van der Waals surface area contributed by atoms with E-state index in [4.69, 9.17) is 27.8 Å². The first-order valence-electron chi connectivity index (χ1n) is 6.27. The number of nitrogens with zero attached hydrogens (tertiary/aromatic N) is 3. The van der Waals surface area contributed by atoms with E-state index in [9.17, 15) is 10.2 Å². The Morgan fingerprint density at radius 2 is 2.19 bits per heavy atom. The smallest absolute Gasteiger partial charge is 0.164 e. The van der Waals surface area contributed by atoms with E-state index in [0.717, 1.165) is 0 Å². The molecule has 5 N–H and O–H groups in total. The molecule has 4 atom stereocenters. The van der Waals surface area contributed by atoms with Crippen LogP contribution in [0.15, 0.2) is 18.7 Å². The van der Waals surface area contributed by atoms with Gasteiger partial charge in [0.2, 0.25) is 0 Å². The van der Waals surface area contributed by atoms with Crippen LogP contribution in [0.4, 0.5) is 0 Å². The number of aliphatic hydroxyl groups excluding tert-OH is 3. The van der Waals surface area contributed by atoms with Crippen LogP contribution in [-0.2, 0) is 4.74 Å². The molecule has 3 heterocycles. The molecule has 0 saturated carbocycles. The van der Waals surface area contributed by atoms with Crippen molar-refractivity contribution in [2.75, 3.05) is 6.61 Å². The van der Waals surface area contributed by atoms with Gasteiger partial charge < -0.3 is 30.4 Å². The molecule has 8 nitrogen and oxygen atoms in total. The second-order valence-corrected chi connectivity index (χ2v) is 5.24. The summed E-state index contributed by atoms with van der Waals surface area (Å²) >= 11 is 4.99. The van der Waals surface area contributed by atoms with Crippen molar-refractivity contribution >= 4 is 28.2 Å². The number of hydrogen-bond donors (Lipinski definition) is 4. The third kappa shape index (κ3) is 2.19. The van der Waals surface area contributed by atoms with Gasteiger partial charge in [-0.05, 0) is 0 Å². The molecule has 0 bridgehead atoms. The lowest BCUT2D eigenvalue weighted by Gasteiger charge is -2.17. The molecule has 1 aliphatic heterocycles. The highest BCUT2D eigenvalue weighted by Crippen LogP contribution is 2.33. The van der Waals surface area contributed by atoms with E-state index in [1.165, 1.54) is 10.9 Å². The standard InChI is InChI=1S/C12H14N4O4S/c13-10(21)6-2-16(11-5(6)1-14-4-15-11)12-9(19)8(18)7(3-17)20-12/h1-2,4,7-9,12,17-19H,3H2,(H2,13,21). The van der Waals surface area contributed by atoms with Gasteiger partial charge in [-0.2, -0.15) is 0 Å². The molecule has 0 aliphatic carbocycles. The molecule has 2 aromatic rings. The predicted molar refractivity (Wildman–Crippen MR) is 76.4 cm³/mol. The quantitative estimate of drug-likeness (QED) is 0.514. The Bertz CT molecular complexity index is 691. The maximum Gasteiger partial charge on any atom is 0.164 e. The second-order valence-electron chi connectivity index (χ2n) is 4.80. The highest BCUT2D eigenvalue weighted by atomic mass is 32.1. The Balaban J connectivity index is 2.11. The number of fused-ring (bicyclic) bond motifs is 1. The summed E-state index contributed by atoms with van der Waals surface area (Å²) in [5.41, 5.74) is 6.71. The highest BCUT2D eigenvalue weighted by molar-refractivity contribution is 7.80. The summed E-state index contributed by atoms with van der Waals surface area (Å²) in [6.07, 6.45) is 0.370. The zero-order valence-electron chi connectivity index (χ0n) is 10.8. The molecular weight excluding hydrogens is 296 g/mol. The van der Waals surface area contributed by atoms with Crippen molar-refractivity contribution in [3.8, 4) is 0 Å². The van der Waals surface area contributed by atoms with Crippen molar-refractivity contribution in [3.63, 3.8) is 0 Å². The van der Waals surface area contributed by atoms with E-state index >= 15 is 0 Å². The largest absolute Gasteiger partial charge is 0.394 e. The van der Waals surface area contributed by atoms with Crippen LogP contribution in [-0.4, -0.2) is 59.8 Å². The van der Waals surface area contributed by atoms with Gasteiger partial charge in [0.05, 0.1) is 6.61 Å². The molecule has 1 saturated heterocycles. The Kier molecular flexibility index (Phi) is 3.59. The molecule has 1 fully saturated rings. The summed E-state index contributed by atoms with van der Waals surface area (Å²) in [5.74, 6) is 0. The molecule has 2 aromatic heterocycles. The zero-order valence-corrected chi connectivity index (χ0v) is 11.6. The summed E-state index contributed by atoms with van der Waals surface area (Å²) in [7, 11) is 0. The van der Waals surface area contributed by atoms with Gasteiger partial charge in [-0.3, -0.25) is 0 Å². The summed E-state index contributed by atoms with van der Waals surface area (Å²) in [5, 5.41) is 29.7. The number of aromatic nitrogens is 3. The highest BCUT2D eigenvalue weighted by Gasteiger charge is 2.44. The lowest BCUT2D eigenvalue weighted by atomic mass is 10.1. The van der Waals surface area contributed by atoms with Gasteiger partial charge in [0.25, 0.3) is 0 Å². The SMILES string of the molecule is NC(=S)c1cn(C2OC(CO)C(O)C2O)c2ncncc12. The molecule has 21 heavy (non-hydrogen) atoms. The molecule has 0 radical (unpaired) electrons. The first-order chi connectivity index (χ1) is 10.0. The van der Waals surface area contributed by atoms with Crippen molar-refractivity contribution in [2.45, 2.75) is 24.5 Å². The van der Waals surface area contributed by atoms with E-state index in [0.29, 0.717) is 16.6 Å². The van der Waals surface area contributed by atoms with Crippen molar-refractivity contribution in [2.24, 2.45) is 5.73 Å². The van der Waals surface area contributed by atoms with Gasteiger partial charge in [-0.25, -0.2) is 9.97 Å². The van der Waals surface area contributed by atoms with Crippen LogP contribution in [0.2, 0.25) is 0 Å². The van der Waals surface area contributed by atoms with Gasteiger partial charge in [0.15, 0.2) is 6.23 Å². The fourth-order valence-corrected chi connectivity index (χ4v) is 2.65. The maximum atomic E-state index is 10.1. The molecule has 9 heteroatoms. The maximum absolute atomic E-state index is 10.1. The van der Waals surface area contributed by atoms with Gasteiger partial charge in [0.1, 0.15) is 35.3 Å². The van der Waals surface area contributed by atoms with Gasteiger partial charge in [-0.15, -0.1) is 0 Å². The van der Waals surface area contributed by atoms with E-state index in [-0.39, 0.29) is 4.99 Å².